The topological polar surface area (TPSA) is 90.3 Å². The van der Waals surface area contributed by atoms with Gasteiger partial charge in [-0.1, -0.05) is 24.3 Å². The van der Waals surface area contributed by atoms with Crippen molar-refractivity contribution in [3.63, 3.8) is 0 Å². The molecule has 0 saturated heterocycles. The van der Waals surface area contributed by atoms with Crippen LogP contribution in [-0.4, -0.2) is 31.2 Å². The van der Waals surface area contributed by atoms with Crippen LogP contribution in [0.4, 0.5) is 4.79 Å². The van der Waals surface area contributed by atoms with Crippen molar-refractivity contribution in [2.75, 3.05) is 7.11 Å². The number of thiophene rings is 1. The summed E-state index contributed by atoms with van der Waals surface area (Å²) in [5.41, 5.74) is 4.55. The lowest BCUT2D eigenvalue weighted by molar-refractivity contribution is 0.177. The zero-order valence-corrected chi connectivity index (χ0v) is 18.6. The fourth-order valence-electron chi connectivity index (χ4n) is 3.12. The van der Waals surface area contributed by atoms with E-state index >= 15 is 0 Å². The van der Waals surface area contributed by atoms with Gasteiger partial charge in [-0.3, -0.25) is 0 Å². The molecule has 3 rings (SSSR count). The quantitative estimate of drug-likeness (QED) is 0.658. The van der Waals surface area contributed by atoms with Crippen LogP contribution in [0.1, 0.15) is 27.7 Å². The molecule has 0 unspecified atom stereocenters. The summed E-state index contributed by atoms with van der Waals surface area (Å²) in [6.45, 7) is 8.53. The summed E-state index contributed by atoms with van der Waals surface area (Å²) in [7, 11) is -2.89. The summed E-state index contributed by atoms with van der Waals surface area (Å²) >= 11 is 1.11. The van der Waals surface area contributed by atoms with Crippen LogP contribution in [-0.2, 0) is 21.3 Å². The van der Waals surface area contributed by atoms with Crippen molar-refractivity contribution in [1.82, 2.24) is 14.3 Å². The molecular weight excluding hydrogens is 410 g/mol. The number of ether oxygens (including phenoxy) is 1. The summed E-state index contributed by atoms with van der Waals surface area (Å²) in [5, 5.41) is 0. The normalized spacial score (nSPS) is 11.5. The van der Waals surface area contributed by atoms with Crippen molar-refractivity contribution in [3.8, 4) is 11.1 Å². The predicted octanol–water partition coefficient (Wildman–Crippen LogP) is 3.94. The number of methoxy groups -OCH3 is 1. The number of sulfonamides is 1. The first kappa shape index (κ1) is 21.1. The minimum Gasteiger partial charge on any atom is -0.452 e. The van der Waals surface area contributed by atoms with Crippen molar-refractivity contribution in [3.05, 3.63) is 58.0 Å². The Morgan fingerprint density at radius 1 is 1.17 bits per heavy atom. The molecule has 0 atom stereocenters. The van der Waals surface area contributed by atoms with E-state index in [0.717, 1.165) is 51.7 Å². The third-order valence-corrected chi connectivity index (χ3v) is 7.62. The van der Waals surface area contributed by atoms with E-state index in [0.29, 0.717) is 12.1 Å². The first-order valence-electron chi connectivity index (χ1n) is 8.93. The number of imidazole rings is 1. The number of nitrogens with zero attached hydrogens (tertiary/aromatic N) is 2. The van der Waals surface area contributed by atoms with Gasteiger partial charge < -0.3 is 9.30 Å². The molecule has 0 bridgehead atoms. The van der Waals surface area contributed by atoms with Gasteiger partial charge in [-0.2, -0.15) is 0 Å². The van der Waals surface area contributed by atoms with E-state index in [1.165, 1.54) is 0 Å². The maximum Gasteiger partial charge on any atom is 0.420 e. The second-order valence-electron chi connectivity index (χ2n) is 6.77. The highest BCUT2D eigenvalue weighted by Gasteiger charge is 2.25. The molecule has 29 heavy (non-hydrogen) atoms. The predicted molar refractivity (Wildman–Crippen MR) is 113 cm³/mol. The van der Waals surface area contributed by atoms with Crippen LogP contribution in [0.2, 0.25) is 0 Å². The Morgan fingerprint density at radius 3 is 2.38 bits per heavy atom. The van der Waals surface area contributed by atoms with Crippen LogP contribution >= 0.6 is 11.3 Å². The van der Waals surface area contributed by atoms with Crippen molar-refractivity contribution in [2.45, 2.75) is 38.4 Å². The van der Waals surface area contributed by atoms with Gasteiger partial charge in [0.1, 0.15) is 10.0 Å². The van der Waals surface area contributed by atoms with Crippen molar-refractivity contribution < 1.29 is 17.9 Å². The van der Waals surface area contributed by atoms with Crippen LogP contribution in [0.25, 0.3) is 11.1 Å². The monoisotopic (exact) mass is 433 g/mol. The Kier molecular flexibility index (Phi) is 5.81. The minimum absolute atomic E-state index is 0.0880. The molecule has 0 fully saturated rings. The number of hydrogen-bond donors (Lipinski definition) is 1. The van der Waals surface area contributed by atoms with Crippen molar-refractivity contribution >= 4 is 27.5 Å². The van der Waals surface area contributed by atoms with E-state index in [4.69, 9.17) is 0 Å². The SMILES string of the molecule is COC(=O)NS(=O)(=O)c1sc(C)cc1-c1ccc(Cn2c(C)nc(C)c2C)cc1. The van der Waals surface area contributed by atoms with E-state index in [-0.39, 0.29) is 4.21 Å². The molecule has 1 N–H and O–H groups in total. The van der Waals surface area contributed by atoms with Gasteiger partial charge in [0.15, 0.2) is 0 Å². The number of benzene rings is 1. The molecule has 3 aromatic rings. The van der Waals surface area contributed by atoms with Crippen LogP contribution in [0, 0.1) is 27.7 Å². The molecular formula is C20H23N3O4S2. The standard InChI is InChI=1S/C20H23N3O4S2/c1-12-10-18(19(28-12)29(25,26)22-20(24)27-5)17-8-6-16(7-9-17)11-23-14(3)13(2)21-15(23)4/h6-10H,11H2,1-5H3,(H,22,24). The summed E-state index contributed by atoms with van der Waals surface area (Å²) in [6.07, 6.45) is -1.02. The molecule has 9 heteroatoms. The van der Waals surface area contributed by atoms with Gasteiger partial charge in [0.2, 0.25) is 0 Å². The molecule has 154 valence electrons. The highest BCUT2D eigenvalue weighted by molar-refractivity contribution is 7.92. The van der Waals surface area contributed by atoms with Gasteiger partial charge in [0.25, 0.3) is 10.0 Å². The zero-order chi connectivity index (χ0) is 21.3. The highest BCUT2D eigenvalue weighted by atomic mass is 32.2. The number of hydrogen-bond acceptors (Lipinski definition) is 6. The van der Waals surface area contributed by atoms with Gasteiger partial charge >= 0.3 is 6.09 Å². The molecule has 0 radical (unpaired) electrons. The number of amides is 1. The van der Waals surface area contributed by atoms with Crippen LogP contribution in [0.3, 0.4) is 0 Å². The maximum absolute atomic E-state index is 12.6. The summed E-state index contributed by atoms with van der Waals surface area (Å²) < 4.78 is 33.7. The Labute approximate surface area is 174 Å². The molecule has 2 heterocycles. The maximum atomic E-state index is 12.6. The first-order valence-corrected chi connectivity index (χ1v) is 11.2. The number of carbonyl (C=O) groups is 1. The highest BCUT2D eigenvalue weighted by Crippen LogP contribution is 2.35. The molecule has 0 aliphatic heterocycles. The van der Waals surface area contributed by atoms with Crippen LogP contribution < -0.4 is 4.72 Å². The van der Waals surface area contributed by atoms with E-state index in [2.05, 4.69) is 14.3 Å². The molecule has 0 saturated carbocycles. The van der Waals surface area contributed by atoms with Crippen molar-refractivity contribution in [2.24, 2.45) is 0 Å². The molecule has 1 amide bonds. The minimum atomic E-state index is -4.02. The Bertz CT molecular complexity index is 1160. The largest absolute Gasteiger partial charge is 0.452 e. The van der Waals surface area contributed by atoms with E-state index < -0.39 is 16.1 Å². The number of aromatic nitrogens is 2. The van der Waals surface area contributed by atoms with Gasteiger partial charge in [-0.15, -0.1) is 11.3 Å². The van der Waals surface area contributed by atoms with Crippen molar-refractivity contribution in [1.29, 1.82) is 0 Å². The lowest BCUT2D eigenvalue weighted by Gasteiger charge is -2.10. The van der Waals surface area contributed by atoms with E-state index in [9.17, 15) is 13.2 Å². The van der Waals surface area contributed by atoms with Crippen LogP contribution in [0.15, 0.2) is 34.5 Å². The summed E-state index contributed by atoms with van der Waals surface area (Å²) in [6, 6.07) is 9.53. The zero-order valence-electron chi connectivity index (χ0n) is 16.9. The van der Waals surface area contributed by atoms with Gasteiger partial charge in [-0.05, 0) is 44.9 Å². The molecule has 0 aliphatic carbocycles. The molecule has 0 aliphatic rings. The number of rotatable bonds is 5. The molecule has 0 spiro atoms. The number of nitrogens with one attached hydrogen (secondary N) is 1. The Hall–Kier alpha value is -2.65. The average Bonchev–Trinajstić information content (AvgIpc) is 3.17. The number of aryl methyl sites for hydroxylation is 3. The molecule has 2 aromatic heterocycles. The Balaban J connectivity index is 1.92. The van der Waals surface area contributed by atoms with E-state index in [1.807, 2.05) is 56.7 Å². The third kappa shape index (κ3) is 4.35. The summed E-state index contributed by atoms with van der Waals surface area (Å²) in [4.78, 5) is 16.7. The van der Waals surface area contributed by atoms with Gasteiger partial charge in [0, 0.05) is 22.7 Å². The lowest BCUT2D eigenvalue weighted by Crippen LogP contribution is -2.30. The Morgan fingerprint density at radius 2 is 1.83 bits per heavy atom. The fraction of sp³-hybridized carbons (Fsp3) is 0.300. The molecule has 1 aromatic carbocycles. The lowest BCUT2D eigenvalue weighted by atomic mass is 10.1. The molecule has 7 nitrogen and oxygen atoms in total. The first-order chi connectivity index (χ1) is 13.6. The fourth-order valence-corrected chi connectivity index (χ4v) is 5.69. The van der Waals surface area contributed by atoms with Gasteiger partial charge in [0.05, 0.1) is 12.8 Å². The summed E-state index contributed by atoms with van der Waals surface area (Å²) in [5.74, 6) is 0.958. The second-order valence-corrected chi connectivity index (χ2v) is 9.90. The average molecular weight is 434 g/mol. The van der Waals surface area contributed by atoms with Crippen LogP contribution in [0.5, 0.6) is 0 Å². The smallest absolute Gasteiger partial charge is 0.420 e. The van der Waals surface area contributed by atoms with Gasteiger partial charge in [-0.25, -0.2) is 22.9 Å². The third-order valence-electron chi connectivity index (χ3n) is 4.72. The van der Waals surface area contributed by atoms with E-state index in [1.54, 1.807) is 6.07 Å². The number of carbonyl (C=O) groups excluding carboxylic acids is 1. The second kappa shape index (κ2) is 8.00.